The van der Waals surface area contributed by atoms with E-state index in [9.17, 15) is 0 Å². The summed E-state index contributed by atoms with van der Waals surface area (Å²) in [6, 6.07) is 12.3. The summed E-state index contributed by atoms with van der Waals surface area (Å²) in [7, 11) is 0. The average molecular weight is 229 g/mol. The average Bonchev–Trinajstić information content (AvgIpc) is 2.81. The molecule has 0 saturated carbocycles. The monoisotopic (exact) mass is 229 g/mol. The SMILES string of the molecule is NCc1cc2n(n1)CC(c1ccccc1)OC2. The van der Waals surface area contributed by atoms with Crippen LogP contribution in [0.25, 0.3) is 0 Å². The van der Waals surface area contributed by atoms with Crippen LogP contribution in [0, 0.1) is 0 Å². The van der Waals surface area contributed by atoms with Crippen molar-refractivity contribution in [2.75, 3.05) is 0 Å². The molecule has 0 spiro atoms. The van der Waals surface area contributed by atoms with Gasteiger partial charge in [-0.2, -0.15) is 5.10 Å². The molecule has 1 unspecified atom stereocenters. The van der Waals surface area contributed by atoms with Crippen molar-refractivity contribution >= 4 is 0 Å². The van der Waals surface area contributed by atoms with Crippen LogP contribution in [0.2, 0.25) is 0 Å². The maximum absolute atomic E-state index is 5.85. The maximum Gasteiger partial charge on any atom is 0.103 e. The summed E-state index contributed by atoms with van der Waals surface area (Å²) in [6.45, 7) is 1.85. The van der Waals surface area contributed by atoms with Crippen LogP contribution in [-0.2, 0) is 24.4 Å². The second-order valence-corrected chi connectivity index (χ2v) is 4.22. The lowest BCUT2D eigenvalue weighted by atomic mass is 10.1. The minimum Gasteiger partial charge on any atom is -0.365 e. The zero-order valence-corrected chi connectivity index (χ0v) is 9.54. The summed E-state index contributed by atoms with van der Waals surface area (Å²) in [5.74, 6) is 0. The molecule has 0 radical (unpaired) electrons. The summed E-state index contributed by atoms with van der Waals surface area (Å²) >= 11 is 0. The Bertz CT molecular complexity index is 507. The first-order valence-electron chi connectivity index (χ1n) is 5.79. The van der Waals surface area contributed by atoms with Gasteiger partial charge in [0.15, 0.2) is 0 Å². The molecule has 1 aromatic carbocycles. The van der Waals surface area contributed by atoms with Crippen LogP contribution in [0.1, 0.15) is 23.1 Å². The van der Waals surface area contributed by atoms with E-state index in [4.69, 9.17) is 10.5 Å². The third kappa shape index (κ3) is 1.97. The molecule has 0 amide bonds. The molecule has 0 bridgehead atoms. The number of hydrogen-bond acceptors (Lipinski definition) is 3. The molecule has 1 aliphatic rings. The summed E-state index contributed by atoms with van der Waals surface area (Å²) in [4.78, 5) is 0. The normalized spacial score (nSPS) is 19.0. The largest absolute Gasteiger partial charge is 0.365 e. The Morgan fingerprint density at radius 1 is 1.35 bits per heavy atom. The van der Waals surface area contributed by atoms with E-state index < -0.39 is 0 Å². The minimum absolute atomic E-state index is 0.0919. The first-order chi connectivity index (χ1) is 8.36. The summed E-state index contributed by atoms with van der Waals surface area (Å²) < 4.78 is 7.85. The Kier molecular flexibility index (Phi) is 2.66. The van der Waals surface area contributed by atoms with Gasteiger partial charge in [-0.3, -0.25) is 4.68 Å². The molecule has 1 aliphatic heterocycles. The molecular formula is C13H15N3O. The number of aromatic nitrogens is 2. The van der Waals surface area contributed by atoms with Crippen LogP contribution >= 0.6 is 0 Å². The molecular weight excluding hydrogens is 214 g/mol. The highest BCUT2D eigenvalue weighted by molar-refractivity contribution is 5.19. The highest BCUT2D eigenvalue weighted by atomic mass is 16.5. The smallest absolute Gasteiger partial charge is 0.103 e. The third-order valence-electron chi connectivity index (χ3n) is 3.07. The first-order valence-corrected chi connectivity index (χ1v) is 5.79. The third-order valence-corrected chi connectivity index (χ3v) is 3.07. The zero-order valence-electron chi connectivity index (χ0n) is 9.54. The highest BCUT2D eigenvalue weighted by Crippen LogP contribution is 2.26. The Morgan fingerprint density at radius 2 is 2.18 bits per heavy atom. The van der Waals surface area contributed by atoms with Gasteiger partial charge in [-0.05, 0) is 11.6 Å². The standard InChI is InChI=1S/C13H15N3O/c14-7-11-6-12-9-17-13(8-16(12)15-11)10-4-2-1-3-5-10/h1-6,13H,7-9,14H2. The Morgan fingerprint density at radius 3 is 2.94 bits per heavy atom. The lowest BCUT2D eigenvalue weighted by molar-refractivity contribution is -0.00119. The molecule has 1 atom stereocenters. The number of benzene rings is 1. The fraction of sp³-hybridized carbons (Fsp3) is 0.308. The quantitative estimate of drug-likeness (QED) is 0.851. The molecule has 2 N–H and O–H groups in total. The van der Waals surface area contributed by atoms with Gasteiger partial charge < -0.3 is 10.5 Å². The molecule has 88 valence electrons. The second kappa shape index (κ2) is 4.31. The van der Waals surface area contributed by atoms with E-state index in [2.05, 4.69) is 17.2 Å². The van der Waals surface area contributed by atoms with Crippen LogP contribution in [-0.4, -0.2) is 9.78 Å². The van der Waals surface area contributed by atoms with Gasteiger partial charge in [0.05, 0.1) is 24.5 Å². The molecule has 0 aliphatic carbocycles. The van der Waals surface area contributed by atoms with Crippen molar-refractivity contribution in [3.05, 3.63) is 53.3 Å². The van der Waals surface area contributed by atoms with E-state index in [1.165, 1.54) is 5.56 Å². The summed E-state index contributed by atoms with van der Waals surface area (Å²) in [5.41, 5.74) is 8.83. The van der Waals surface area contributed by atoms with Gasteiger partial charge in [0.2, 0.25) is 0 Å². The lowest BCUT2D eigenvalue weighted by Crippen LogP contribution is -2.21. The Labute approximate surface area is 100 Å². The number of ether oxygens (including phenoxy) is 1. The fourth-order valence-electron chi connectivity index (χ4n) is 2.15. The van der Waals surface area contributed by atoms with Crippen molar-refractivity contribution in [1.29, 1.82) is 0 Å². The van der Waals surface area contributed by atoms with E-state index >= 15 is 0 Å². The summed E-state index contributed by atoms with van der Waals surface area (Å²) in [5, 5.41) is 4.46. The van der Waals surface area contributed by atoms with Gasteiger partial charge in [0.25, 0.3) is 0 Å². The van der Waals surface area contributed by atoms with Gasteiger partial charge in [-0.25, -0.2) is 0 Å². The van der Waals surface area contributed by atoms with Crippen molar-refractivity contribution in [2.45, 2.75) is 25.8 Å². The first kappa shape index (κ1) is 10.5. The molecule has 17 heavy (non-hydrogen) atoms. The topological polar surface area (TPSA) is 53.1 Å². The minimum atomic E-state index is 0.0919. The van der Waals surface area contributed by atoms with Gasteiger partial charge in [0.1, 0.15) is 6.10 Å². The number of nitrogens with zero attached hydrogens (tertiary/aromatic N) is 2. The molecule has 2 aromatic rings. The van der Waals surface area contributed by atoms with E-state index in [1.54, 1.807) is 0 Å². The lowest BCUT2D eigenvalue weighted by Gasteiger charge is -2.24. The number of fused-ring (bicyclic) bond motifs is 1. The van der Waals surface area contributed by atoms with Gasteiger partial charge in [0, 0.05) is 6.54 Å². The van der Waals surface area contributed by atoms with E-state index in [1.807, 2.05) is 28.9 Å². The molecule has 0 fully saturated rings. The van der Waals surface area contributed by atoms with Crippen LogP contribution in [0.5, 0.6) is 0 Å². The molecule has 3 rings (SSSR count). The van der Waals surface area contributed by atoms with Crippen LogP contribution in [0.3, 0.4) is 0 Å². The molecule has 4 nitrogen and oxygen atoms in total. The zero-order chi connectivity index (χ0) is 11.7. The summed E-state index contributed by atoms with van der Waals surface area (Å²) in [6.07, 6.45) is 0.0919. The van der Waals surface area contributed by atoms with Crippen molar-refractivity contribution in [3.63, 3.8) is 0 Å². The van der Waals surface area contributed by atoms with Crippen molar-refractivity contribution < 1.29 is 4.74 Å². The molecule has 1 aromatic heterocycles. The van der Waals surface area contributed by atoms with E-state index in [0.29, 0.717) is 13.2 Å². The van der Waals surface area contributed by atoms with Crippen LogP contribution in [0.15, 0.2) is 36.4 Å². The maximum atomic E-state index is 5.85. The van der Waals surface area contributed by atoms with Crippen LogP contribution in [0.4, 0.5) is 0 Å². The van der Waals surface area contributed by atoms with Crippen LogP contribution < -0.4 is 5.73 Å². The molecule has 2 heterocycles. The predicted octanol–water partition coefficient (Wildman–Crippen LogP) is 1.61. The fourth-order valence-corrected chi connectivity index (χ4v) is 2.15. The van der Waals surface area contributed by atoms with E-state index in [-0.39, 0.29) is 6.10 Å². The van der Waals surface area contributed by atoms with Gasteiger partial charge in [-0.15, -0.1) is 0 Å². The number of rotatable bonds is 2. The highest BCUT2D eigenvalue weighted by Gasteiger charge is 2.21. The van der Waals surface area contributed by atoms with Gasteiger partial charge >= 0.3 is 0 Å². The van der Waals surface area contributed by atoms with Crippen molar-refractivity contribution in [2.24, 2.45) is 5.73 Å². The molecule has 0 saturated heterocycles. The van der Waals surface area contributed by atoms with Crippen molar-refractivity contribution in [1.82, 2.24) is 9.78 Å². The molecule has 4 heteroatoms. The van der Waals surface area contributed by atoms with E-state index in [0.717, 1.165) is 17.9 Å². The predicted molar refractivity (Wildman–Crippen MR) is 64.1 cm³/mol. The second-order valence-electron chi connectivity index (χ2n) is 4.22. The van der Waals surface area contributed by atoms with Gasteiger partial charge in [-0.1, -0.05) is 30.3 Å². The Hall–Kier alpha value is -1.65. The number of nitrogens with two attached hydrogens (primary N) is 1. The Balaban J connectivity index is 1.85. The van der Waals surface area contributed by atoms with Crippen molar-refractivity contribution in [3.8, 4) is 0 Å². The number of hydrogen-bond donors (Lipinski definition) is 1.